The van der Waals surface area contributed by atoms with Crippen LogP contribution in [-0.2, 0) is 4.74 Å². The number of hydrogen-bond donors (Lipinski definition) is 3. The van der Waals surface area contributed by atoms with Crippen LogP contribution >= 0.6 is 0 Å². The number of rotatable bonds is 4. The van der Waals surface area contributed by atoms with Crippen LogP contribution in [0.25, 0.3) is 0 Å². The highest BCUT2D eigenvalue weighted by atomic mass is 16.5. The fourth-order valence-corrected chi connectivity index (χ4v) is 2.37. The molecule has 0 radical (unpaired) electrons. The van der Waals surface area contributed by atoms with E-state index in [0.717, 1.165) is 18.9 Å². The molecule has 2 aromatic rings. The van der Waals surface area contributed by atoms with E-state index in [1.165, 1.54) is 18.3 Å². The lowest BCUT2D eigenvalue weighted by Gasteiger charge is -2.28. The molecule has 1 saturated heterocycles. The molecule has 1 aromatic heterocycles. The molecule has 0 saturated carbocycles. The average Bonchev–Trinajstić information content (AvgIpc) is 2.57. The van der Waals surface area contributed by atoms with Crippen molar-refractivity contribution >= 4 is 17.9 Å². The molecule has 8 heteroatoms. The lowest BCUT2D eigenvalue weighted by molar-refractivity contribution is 0.122. The van der Waals surface area contributed by atoms with Crippen LogP contribution in [0.1, 0.15) is 11.4 Å². The number of aryl methyl sites for hydroxylation is 1. The Bertz CT molecular complexity index is 744. The summed E-state index contributed by atoms with van der Waals surface area (Å²) in [6, 6.07) is 6.13. The number of ether oxygens (including phenoxy) is 1. The van der Waals surface area contributed by atoms with E-state index >= 15 is 0 Å². The molecule has 2 heterocycles. The maximum atomic E-state index is 9.72. The summed E-state index contributed by atoms with van der Waals surface area (Å²) in [5.41, 5.74) is 3.33. The zero-order valence-electron chi connectivity index (χ0n) is 13.3. The Morgan fingerprint density at radius 1 is 1.21 bits per heavy atom. The Morgan fingerprint density at radius 3 is 2.75 bits per heavy atom. The predicted octanol–water partition coefficient (Wildman–Crippen LogP) is 1.48. The Labute approximate surface area is 139 Å². The molecule has 0 spiro atoms. The summed E-state index contributed by atoms with van der Waals surface area (Å²) < 4.78 is 5.35. The van der Waals surface area contributed by atoms with Crippen LogP contribution in [0, 0.1) is 6.92 Å². The van der Waals surface area contributed by atoms with Crippen molar-refractivity contribution in [2.45, 2.75) is 6.92 Å². The molecule has 1 fully saturated rings. The molecule has 8 nitrogen and oxygen atoms in total. The summed E-state index contributed by atoms with van der Waals surface area (Å²) in [7, 11) is 0. The number of anilines is 2. The molecule has 24 heavy (non-hydrogen) atoms. The molecule has 3 N–H and O–H groups in total. The van der Waals surface area contributed by atoms with E-state index in [0.29, 0.717) is 30.4 Å². The van der Waals surface area contributed by atoms with Crippen LogP contribution in [0.2, 0.25) is 0 Å². The van der Waals surface area contributed by atoms with Crippen molar-refractivity contribution in [2.75, 3.05) is 36.6 Å². The first-order valence-electron chi connectivity index (χ1n) is 7.61. The number of nitrogens with one attached hydrogen (secondary N) is 1. The first-order chi connectivity index (χ1) is 11.6. The molecule has 1 aliphatic rings. The second kappa shape index (κ2) is 7.14. The number of aromatic hydroxyl groups is 2. The minimum absolute atomic E-state index is 0.000752. The molecule has 3 rings (SSSR count). The van der Waals surface area contributed by atoms with Crippen molar-refractivity contribution in [3.63, 3.8) is 0 Å². The number of hydrogen-bond acceptors (Lipinski definition) is 8. The van der Waals surface area contributed by atoms with E-state index in [1.54, 1.807) is 6.07 Å². The van der Waals surface area contributed by atoms with E-state index in [1.807, 2.05) is 13.0 Å². The van der Waals surface area contributed by atoms with Gasteiger partial charge in [-0.15, -0.1) is 0 Å². The quantitative estimate of drug-likeness (QED) is 0.576. The zero-order valence-corrected chi connectivity index (χ0v) is 13.3. The molecule has 1 aliphatic heterocycles. The molecule has 0 amide bonds. The SMILES string of the molecule is Cc1nc(N/N=C/c2ccc(O)cc2O)cc(N2CCOCC2)n1. The Morgan fingerprint density at radius 2 is 2.00 bits per heavy atom. The molecule has 126 valence electrons. The molecular weight excluding hydrogens is 310 g/mol. The van der Waals surface area contributed by atoms with Crippen LogP contribution in [-0.4, -0.2) is 52.7 Å². The van der Waals surface area contributed by atoms with Gasteiger partial charge in [0.25, 0.3) is 0 Å². The van der Waals surface area contributed by atoms with Gasteiger partial charge in [-0.25, -0.2) is 9.97 Å². The average molecular weight is 329 g/mol. The van der Waals surface area contributed by atoms with Gasteiger partial charge < -0.3 is 19.8 Å². The van der Waals surface area contributed by atoms with Crippen molar-refractivity contribution in [1.82, 2.24) is 9.97 Å². The minimum atomic E-state index is -0.0478. The minimum Gasteiger partial charge on any atom is -0.508 e. The number of aromatic nitrogens is 2. The van der Waals surface area contributed by atoms with E-state index < -0.39 is 0 Å². The van der Waals surface area contributed by atoms with Crippen molar-refractivity contribution in [1.29, 1.82) is 0 Å². The monoisotopic (exact) mass is 329 g/mol. The Hall–Kier alpha value is -2.87. The zero-order chi connectivity index (χ0) is 16.9. The van der Waals surface area contributed by atoms with Crippen LogP contribution in [0.5, 0.6) is 11.5 Å². The summed E-state index contributed by atoms with van der Waals surface area (Å²) in [4.78, 5) is 10.9. The Balaban J connectivity index is 1.72. The number of nitrogens with zero attached hydrogens (tertiary/aromatic N) is 4. The summed E-state index contributed by atoms with van der Waals surface area (Å²) in [6.07, 6.45) is 1.46. The van der Waals surface area contributed by atoms with Crippen LogP contribution in [0.3, 0.4) is 0 Å². The number of hydrazone groups is 1. The van der Waals surface area contributed by atoms with E-state index in [2.05, 4.69) is 25.4 Å². The lowest BCUT2D eigenvalue weighted by atomic mass is 10.2. The van der Waals surface area contributed by atoms with Gasteiger partial charge in [0, 0.05) is 30.8 Å². The third-order valence-electron chi connectivity index (χ3n) is 3.56. The van der Waals surface area contributed by atoms with Crippen LogP contribution in [0.4, 0.5) is 11.6 Å². The molecule has 0 aliphatic carbocycles. The van der Waals surface area contributed by atoms with Gasteiger partial charge in [-0.05, 0) is 19.1 Å². The molecule has 0 bridgehead atoms. The number of phenolic OH excluding ortho intramolecular Hbond substituents is 2. The highest BCUT2D eigenvalue weighted by Crippen LogP contribution is 2.21. The van der Waals surface area contributed by atoms with Gasteiger partial charge in [-0.3, -0.25) is 5.43 Å². The third-order valence-corrected chi connectivity index (χ3v) is 3.56. The van der Waals surface area contributed by atoms with E-state index in [4.69, 9.17) is 4.74 Å². The van der Waals surface area contributed by atoms with Gasteiger partial charge in [0.05, 0.1) is 19.4 Å². The first-order valence-corrected chi connectivity index (χ1v) is 7.61. The molecule has 0 atom stereocenters. The maximum absolute atomic E-state index is 9.72. The van der Waals surface area contributed by atoms with E-state index in [-0.39, 0.29) is 11.5 Å². The van der Waals surface area contributed by atoms with E-state index in [9.17, 15) is 10.2 Å². The van der Waals surface area contributed by atoms with Crippen molar-refractivity contribution in [2.24, 2.45) is 5.10 Å². The smallest absolute Gasteiger partial charge is 0.152 e. The highest BCUT2D eigenvalue weighted by molar-refractivity contribution is 5.84. The molecule has 1 aromatic carbocycles. The third kappa shape index (κ3) is 3.90. The Kier molecular flexibility index (Phi) is 4.76. The normalized spacial score (nSPS) is 15.0. The number of morpholine rings is 1. The molecular formula is C16H19N5O3. The number of phenols is 2. The second-order valence-corrected chi connectivity index (χ2v) is 5.37. The van der Waals surface area contributed by atoms with Gasteiger partial charge >= 0.3 is 0 Å². The molecule has 0 unspecified atom stereocenters. The summed E-state index contributed by atoms with van der Waals surface area (Å²) >= 11 is 0. The van der Waals surface area contributed by atoms with Crippen molar-refractivity contribution in [3.05, 3.63) is 35.7 Å². The van der Waals surface area contributed by atoms with Gasteiger partial charge in [0.2, 0.25) is 0 Å². The van der Waals surface area contributed by atoms with Crippen molar-refractivity contribution in [3.8, 4) is 11.5 Å². The second-order valence-electron chi connectivity index (χ2n) is 5.37. The highest BCUT2D eigenvalue weighted by Gasteiger charge is 2.13. The largest absolute Gasteiger partial charge is 0.508 e. The van der Waals surface area contributed by atoms with Gasteiger partial charge in [0.1, 0.15) is 23.1 Å². The van der Waals surface area contributed by atoms with Crippen LogP contribution in [0.15, 0.2) is 29.4 Å². The van der Waals surface area contributed by atoms with Gasteiger partial charge in [-0.1, -0.05) is 0 Å². The van der Waals surface area contributed by atoms with Crippen LogP contribution < -0.4 is 10.3 Å². The predicted molar refractivity (Wildman–Crippen MR) is 90.8 cm³/mol. The fourth-order valence-electron chi connectivity index (χ4n) is 2.37. The summed E-state index contributed by atoms with van der Waals surface area (Å²) in [6.45, 7) is 4.78. The lowest BCUT2D eigenvalue weighted by Crippen LogP contribution is -2.36. The maximum Gasteiger partial charge on any atom is 0.152 e. The van der Waals surface area contributed by atoms with Crippen molar-refractivity contribution < 1.29 is 14.9 Å². The topological polar surface area (TPSA) is 103 Å². The summed E-state index contributed by atoms with van der Waals surface area (Å²) in [5.74, 6) is 1.99. The van der Waals surface area contributed by atoms with Gasteiger partial charge in [-0.2, -0.15) is 5.10 Å². The summed E-state index contributed by atoms with van der Waals surface area (Å²) in [5, 5.41) is 23.1. The first kappa shape index (κ1) is 16.0. The standard InChI is InChI=1S/C16H19N5O3/c1-11-18-15(9-16(19-11)21-4-6-24-7-5-21)20-17-10-12-2-3-13(22)8-14(12)23/h2-3,8-10,22-23H,4-7H2,1H3,(H,18,19,20)/b17-10+. The fraction of sp³-hybridized carbons (Fsp3) is 0.312. The van der Waals surface area contributed by atoms with Gasteiger partial charge in [0.15, 0.2) is 5.82 Å². The number of benzene rings is 1.